The van der Waals surface area contributed by atoms with Crippen molar-refractivity contribution in [1.29, 1.82) is 0 Å². The lowest BCUT2D eigenvalue weighted by molar-refractivity contribution is -0.281. The molecular weight excluding hydrogens is 424 g/mol. The number of rotatable bonds is 8. The van der Waals surface area contributed by atoms with Crippen molar-refractivity contribution in [2.24, 2.45) is 0 Å². The zero-order valence-corrected chi connectivity index (χ0v) is 17.3. The molecule has 1 aliphatic heterocycles. The minimum atomic E-state index is -1.50. The van der Waals surface area contributed by atoms with Crippen molar-refractivity contribution in [3.63, 3.8) is 0 Å². The SMILES string of the molecule is CSCC(=O)N[C@H]1Cc2ccc(F)c(C(=O)OCOC(=O)OOC(C)C)c2OB1O. The second-order valence-electron chi connectivity index (χ2n) is 6.40. The summed E-state index contributed by atoms with van der Waals surface area (Å²) >= 11 is 1.31. The summed E-state index contributed by atoms with van der Waals surface area (Å²) in [6, 6.07) is 2.40. The molecule has 0 bridgehead atoms. The highest BCUT2D eigenvalue weighted by Gasteiger charge is 2.39. The topological polar surface area (TPSA) is 130 Å². The number of halogens is 1. The van der Waals surface area contributed by atoms with Gasteiger partial charge in [-0.15, -0.1) is 0 Å². The molecule has 2 rings (SSSR count). The number of fused-ring (bicyclic) bond motifs is 1. The number of carbonyl (C=O) groups is 3. The molecule has 1 aromatic carbocycles. The molecule has 10 nitrogen and oxygen atoms in total. The van der Waals surface area contributed by atoms with E-state index in [1.165, 1.54) is 17.8 Å². The summed E-state index contributed by atoms with van der Waals surface area (Å²) < 4.78 is 28.8. The molecule has 0 spiro atoms. The van der Waals surface area contributed by atoms with Crippen molar-refractivity contribution in [2.45, 2.75) is 32.3 Å². The Bertz CT molecular complexity index is 795. The summed E-state index contributed by atoms with van der Waals surface area (Å²) in [7, 11) is -1.50. The van der Waals surface area contributed by atoms with Gasteiger partial charge in [0.15, 0.2) is 0 Å². The van der Waals surface area contributed by atoms with Crippen molar-refractivity contribution in [3.05, 3.63) is 29.1 Å². The Morgan fingerprint density at radius 1 is 1.37 bits per heavy atom. The number of carbonyl (C=O) groups excluding carboxylic acids is 3. The van der Waals surface area contributed by atoms with Gasteiger partial charge in [0.2, 0.25) is 12.7 Å². The van der Waals surface area contributed by atoms with Gasteiger partial charge < -0.3 is 24.5 Å². The van der Waals surface area contributed by atoms with Crippen molar-refractivity contribution in [2.75, 3.05) is 18.8 Å². The van der Waals surface area contributed by atoms with E-state index >= 15 is 0 Å². The Morgan fingerprint density at radius 3 is 2.77 bits per heavy atom. The van der Waals surface area contributed by atoms with Crippen molar-refractivity contribution < 1.29 is 47.7 Å². The van der Waals surface area contributed by atoms with E-state index < -0.39 is 49.5 Å². The number of esters is 1. The second-order valence-corrected chi connectivity index (χ2v) is 7.27. The molecule has 0 unspecified atom stereocenters. The molecule has 0 saturated carbocycles. The van der Waals surface area contributed by atoms with Gasteiger partial charge in [-0.05, 0) is 38.2 Å². The van der Waals surface area contributed by atoms with Crippen LogP contribution in [-0.2, 0) is 30.5 Å². The molecule has 1 heterocycles. The third-order valence-corrected chi connectivity index (χ3v) is 4.26. The Labute approximate surface area is 176 Å². The van der Waals surface area contributed by atoms with Gasteiger partial charge in [-0.3, -0.25) is 9.68 Å². The molecular formula is C17H21BFNO9S. The Balaban J connectivity index is 2.04. The molecule has 0 aromatic heterocycles. The van der Waals surface area contributed by atoms with Crippen LogP contribution < -0.4 is 9.97 Å². The van der Waals surface area contributed by atoms with E-state index in [1.54, 1.807) is 20.1 Å². The predicted molar refractivity (Wildman–Crippen MR) is 103 cm³/mol. The second kappa shape index (κ2) is 11.0. The first-order chi connectivity index (χ1) is 14.2. The summed E-state index contributed by atoms with van der Waals surface area (Å²) in [5.41, 5.74) is -0.190. The van der Waals surface area contributed by atoms with E-state index in [-0.39, 0.29) is 23.8 Å². The first-order valence-corrected chi connectivity index (χ1v) is 10.2. The molecule has 2 N–H and O–H groups in total. The fourth-order valence-electron chi connectivity index (χ4n) is 2.49. The Morgan fingerprint density at radius 2 is 2.10 bits per heavy atom. The summed E-state index contributed by atoms with van der Waals surface area (Å²) in [6.45, 7) is 2.36. The van der Waals surface area contributed by atoms with E-state index in [2.05, 4.69) is 19.8 Å². The van der Waals surface area contributed by atoms with Crippen LogP contribution in [0.2, 0.25) is 0 Å². The fraction of sp³-hybridized carbons (Fsp3) is 0.471. The number of hydrogen-bond donors (Lipinski definition) is 2. The monoisotopic (exact) mass is 445 g/mol. The van der Waals surface area contributed by atoms with E-state index in [0.29, 0.717) is 5.56 Å². The maximum atomic E-state index is 14.3. The highest BCUT2D eigenvalue weighted by molar-refractivity contribution is 7.99. The van der Waals surface area contributed by atoms with Crippen LogP contribution in [0.3, 0.4) is 0 Å². The van der Waals surface area contributed by atoms with Crippen LogP contribution >= 0.6 is 11.8 Å². The van der Waals surface area contributed by atoms with Crippen molar-refractivity contribution in [3.8, 4) is 5.75 Å². The third kappa shape index (κ3) is 6.50. The van der Waals surface area contributed by atoms with Crippen molar-refractivity contribution >= 4 is 36.9 Å². The van der Waals surface area contributed by atoms with Crippen LogP contribution in [0.5, 0.6) is 5.75 Å². The number of thioether (sulfide) groups is 1. The minimum Gasteiger partial charge on any atom is -0.534 e. The predicted octanol–water partition coefficient (Wildman–Crippen LogP) is 1.24. The largest absolute Gasteiger partial charge is 0.547 e. The number of benzene rings is 1. The lowest BCUT2D eigenvalue weighted by atomic mass is 9.72. The highest BCUT2D eigenvalue weighted by Crippen LogP contribution is 2.32. The normalized spacial score (nSPS) is 15.1. The first-order valence-electron chi connectivity index (χ1n) is 8.84. The maximum absolute atomic E-state index is 14.3. The standard InChI is InChI=1S/C17H21BFNO9S/c1-9(2)28-29-17(23)26-8-25-16(22)14-11(19)5-4-10-6-12(18(24)27-15(10)14)20-13(21)7-30-3/h4-5,9,12,24H,6-8H2,1-3H3,(H,20,21)/t12-/m0/s1. The maximum Gasteiger partial charge on any atom is 0.547 e. The molecule has 30 heavy (non-hydrogen) atoms. The lowest BCUT2D eigenvalue weighted by Crippen LogP contribution is -2.53. The minimum absolute atomic E-state index is 0.104. The van der Waals surface area contributed by atoms with Gasteiger partial charge in [-0.1, -0.05) is 6.07 Å². The van der Waals surface area contributed by atoms with Gasteiger partial charge in [0.25, 0.3) is 0 Å². The fourth-order valence-corrected chi connectivity index (χ4v) is 2.84. The molecule has 13 heteroatoms. The van der Waals surface area contributed by atoms with Gasteiger partial charge in [-0.25, -0.2) is 14.0 Å². The number of nitrogens with one attached hydrogen (secondary N) is 1. The molecule has 0 saturated heterocycles. The number of hydrogen-bond acceptors (Lipinski definition) is 10. The van der Waals surface area contributed by atoms with Gasteiger partial charge in [-0.2, -0.15) is 16.6 Å². The van der Waals surface area contributed by atoms with Crippen LogP contribution in [0.25, 0.3) is 0 Å². The highest BCUT2D eigenvalue weighted by atomic mass is 32.2. The van der Waals surface area contributed by atoms with E-state index in [4.69, 9.17) is 9.39 Å². The van der Waals surface area contributed by atoms with Gasteiger partial charge in [0.1, 0.15) is 17.1 Å². The lowest BCUT2D eigenvalue weighted by Gasteiger charge is -2.29. The molecule has 1 amide bonds. The summed E-state index contributed by atoms with van der Waals surface area (Å²) in [4.78, 5) is 44.1. The Kier molecular flexibility index (Phi) is 8.75. The summed E-state index contributed by atoms with van der Waals surface area (Å²) in [6.07, 6.45) is 0.210. The zero-order chi connectivity index (χ0) is 22.3. The van der Waals surface area contributed by atoms with Gasteiger partial charge in [0, 0.05) is 0 Å². The third-order valence-electron chi connectivity index (χ3n) is 3.71. The molecule has 1 aliphatic rings. The van der Waals surface area contributed by atoms with Crippen molar-refractivity contribution in [1.82, 2.24) is 5.32 Å². The molecule has 1 aromatic rings. The van der Waals surface area contributed by atoms with E-state index in [0.717, 1.165) is 6.07 Å². The average Bonchev–Trinajstić information content (AvgIpc) is 2.67. The van der Waals surface area contributed by atoms with Crippen LogP contribution in [-0.4, -0.2) is 61.0 Å². The molecule has 164 valence electrons. The molecule has 0 radical (unpaired) electrons. The quantitative estimate of drug-likeness (QED) is 0.198. The molecule has 0 aliphatic carbocycles. The van der Waals surface area contributed by atoms with Crippen LogP contribution in [0.4, 0.5) is 9.18 Å². The first kappa shape index (κ1) is 23.8. The molecule has 1 atom stereocenters. The Hall–Kier alpha value is -2.51. The van der Waals surface area contributed by atoms with Crippen LogP contribution in [0.1, 0.15) is 29.8 Å². The van der Waals surface area contributed by atoms with Crippen LogP contribution in [0.15, 0.2) is 12.1 Å². The van der Waals surface area contributed by atoms with E-state index in [9.17, 15) is 23.8 Å². The average molecular weight is 445 g/mol. The number of amides is 1. The smallest absolute Gasteiger partial charge is 0.534 e. The van der Waals surface area contributed by atoms with Gasteiger partial charge >= 0.3 is 19.2 Å². The van der Waals surface area contributed by atoms with Gasteiger partial charge in [0.05, 0.1) is 17.8 Å². The summed E-state index contributed by atoms with van der Waals surface area (Å²) in [5.74, 6) is -3.23. The van der Waals surface area contributed by atoms with Crippen LogP contribution in [0, 0.1) is 5.82 Å². The molecule has 0 fully saturated rings. The zero-order valence-electron chi connectivity index (χ0n) is 16.5. The van der Waals surface area contributed by atoms with E-state index in [1.807, 2.05) is 0 Å². The number of ether oxygens (including phenoxy) is 2. The summed E-state index contributed by atoms with van der Waals surface area (Å²) in [5, 5.41) is 12.8.